The monoisotopic (exact) mass is 397 g/mol. The first kappa shape index (κ1) is 20.7. The topological polar surface area (TPSA) is 71.1 Å². The second-order valence-electron chi connectivity index (χ2n) is 7.35. The number of aryl methyl sites for hydroxylation is 1. The van der Waals surface area contributed by atoms with Gasteiger partial charge in [0.1, 0.15) is 11.5 Å². The third-order valence-corrected chi connectivity index (χ3v) is 4.87. The molecule has 2 aromatic rings. The minimum atomic E-state index is -0.262. The first-order chi connectivity index (χ1) is 13.8. The van der Waals surface area contributed by atoms with Crippen LogP contribution >= 0.6 is 0 Å². The highest BCUT2D eigenvalue weighted by Gasteiger charge is 2.25. The van der Waals surface area contributed by atoms with E-state index in [2.05, 4.69) is 5.32 Å². The van der Waals surface area contributed by atoms with Crippen molar-refractivity contribution in [1.82, 2.24) is 4.90 Å². The molecule has 1 heterocycles. The number of amides is 2. The molecule has 0 bridgehead atoms. The van der Waals surface area contributed by atoms with Gasteiger partial charge in [0, 0.05) is 24.8 Å². The summed E-state index contributed by atoms with van der Waals surface area (Å²) < 4.78 is 11.2. The summed E-state index contributed by atoms with van der Waals surface area (Å²) in [4.78, 5) is 28.2. The van der Waals surface area contributed by atoms with E-state index in [1.807, 2.05) is 51.0 Å². The Kier molecular flexibility index (Phi) is 6.39. The smallest absolute Gasteiger partial charge is 0.265 e. The summed E-state index contributed by atoms with van der Waals surface area (Å²) in [5.41, 5.74) is 3.45. The van der Waals surface area contributed by atoms with Gasteiger partial charge in [-0.3, -0.25) is 9.59 Å². The summed E-state index contributed by atoms with van der Waals surface area (Å²) in [7, 11) is 3.93. The molecule has 0 aliphatic carbocycles. The molecule has 7 nitrogen and oxygen atoms in total. The molecule has 3 rings (SSSR count). The van der Waals surface area contributed by atoms with E-state index in [4.69, 9.17) is 9.47 Å². The Hall–Kier alpha value is -3.06. The van der Waals surface area contributed by atoms with Gasteiger partial charge in [0.15, 0.2) is 13.2 Å². The van der Waals surface area contributed by atoms with Gasteiger partial charge in [-0.1, -0.05) is 12.1 Å². The maximum absolute atomic E-state index is 12.3. The molecule has 1 aliphatic rings. The third-order valence-electron chi connectivity index (χ3n) is 4.87. The third kappa shape index (κ3) is 5.06. The zero-order valence-corrected chi connectivity index (χ0v) is 17.3. The summed E-state index contributed by atoms with van der Waals surface area (Å²) in [5, 5.41) is 2.82. The van der Waals surface area contributed by atoms with Crippen molar-refractivity contribution < 1.29 is 19.1 Å². The van der Waals surface area contributed by atoms with Gasteiger partial charge in [0.05, 0.1) is 5.69 Å². The van der Waals surface area contributed by atoms with E-state index in [-0.39, 0.29) is 25.0 Å². The number of hydrogen-bond acceptors (Lipinski definition) is 5. The summed E-state index contributed by atoms with van der Waals surface area (Å²) in [6, 6.07) is 11.0. The fourth-order valence-electron chi connectivity index (χ4n) is 3.05. The van der Waals surface area contributed by atoms with Crippen LogP contribution in [-0.4, -0.2) is 57.1 Å². The zero-order chi connectivity index (χ0) is 21.0. The fourth-order valence-corrected chi connectivity index (χ4v) is 3.05. The van der Waals surface area contributed by atoms with Crippen molar-refractivity contribution in [2.45, 2.75) is 13.8 Å². The van der Waals surface area contributed by atoms with Crippen LogP contribution in [0.2, 0.25) is 0 Å². The number of likely N-dealkylation sites (N-methyl/N-ethyl adjacent to an activating group) is 1. The number of rotatable bonds is 7. The number of ether oxygens (including phenoxy) is 2. The minimum Gasteiger partial charge on any atom is -0.483 e. The van der Waals surface area contributed by atoms with Crippen molar-refractivity contribution in [2.24, 2.45) is 0 Å². The molecule has 1 N–H and O–H groups in total. The van der Waals surface area contributed by atoms with Gasteiger partial charge in [0.2, 0.25) is 0 Å². The van der Waals surface area contributed by atoms with Gasteiger partial charge in [-0.25, -0.2) is 0 Å². The molecule has 154 valence electrons. The molecule has 7 heteroatoms. The molecule has 0 spiro atoms. The highest BCUT2D eigenvalue weighted by Crippen LogP contribution is 2.34. The van der Waals surface area contributed by atoms with E-state index in [1.54, 1.807) is 23.1 Å². The van der Waals surface area contributed by atoms with E-state index in [0.717, 1.165) is 17.7 Å². The van der Waals surface area contributed by atoms with Crippen molar-refractivity contribution in [2.75, 3.05) is 50.6 Å². The van der Waals surface area contributed by atoms with E-state index in [1.165, 1.54) is 0 Å². The number of benzene rings is 2. The number of fused-ring (bicyclic) bond motifs is 1. The Labute approximate surface area is 171 Å². The van der Waals surface area contributed by atoms with Crippen LogP contribution in [0.25, 0.3) is 0 Å². The second-order valence-corrected chi connectivity index (χ2v) is 7.35. The predicted molar refractivity (Wildman–Crippen MR) is 113 cm³/mol. The molecule has 0 radical (unpaired) electrons. The number of nitrogens with zero attached hydrogens (tertiary/aromatic N) is 2. The Morgan fingerprint density at radius 3 is 2.79 bits per heavy atom. The van der Waals surface area contributed by atoms with Gasteiger partial charge in [-0.05, 0) is 57.3 Å². The summed E-state index contributed by atoms with van der Waals surface area (Å²) in [5.74, 6) is 0.945. The van der Waals surface area contributed by atoms with Gasteiger partial charge >= 0.3 is 0 Å². The number of nitrogens with one attached hydrogen (secondary N) is 1. The molecular formula is C22H27N3O4. The molecule has 0 fully saturated rings. The molecule has 0 atom stereocenters. The predicted octanol–water partition coefficient (Wildman–Crippen LogP) is 2.61. The number of hydrogen-bond donors (Lipinski definition) is 1. The van der Waals surface area contributed by atoms with Gasteiger partial charge in [-0.15, -0.1) is 0 Å². The molecular weight excluding hydrogens is 370 g/mol. The maximum Gasteiger partial charge on any atom is 0.265 e. The molecule has 2 aromatic carbocycles. The van der Waals surface area contributed by atoms with Crippen LogP contribution in [0.1, 0.15) is 11.1 Å². The van der Waals surface area contributed by atoms with Gasteiger partial charge in [0.25, 0.3) is 11.8 Å². The lowest BCUT2D eigenvalue weighted by Gasteiger charge is -2.30. The molecule has 0 unspecified atom stereocenters. The largest absolute Gasteiger partial charge is 0.483 e. The first-order valence-electron chi connectivity index (χ1n) is 9.56. The molecule has 0 saturated heterocycles. The Bertz CT molecular complexity index is 911. The fraction of sp³-hybridized carbons (Fsp3) is 0.364. The Morgan fingerprint density at radius 1 is 1.24 bits per heavy atom. The highest BCUT2D eigenvalue weighted by molar-refractivity contribution is 5.99. The van der Waals surface area contributed by atoms with Crippen molar-refractivity contribution in [3.05, 3.63) is 47.5 Å². The standard InChI is InChI=1S/C22H27N3O4/c1-15-6-5-7-19(16(15)2)28-13-21(26)23-17-8-9-18-20(12-17)29-14-22(27)25(18)11-10-24(3)4/h5-9,12H,10-11,13-14H2,1-4H3,(H,23,26). The van der Waals surface area contributed by atoms with Crippen LogP contribution < -0.4 is 19.7 Å². The lowest BCUT2D eigenvalue weighted by Crippen LogP contribution is -2.42. The molecule has 1 aliphatic heterocycles. The zero-order valence-electron chi connectivity index (χ0n) is 17.3. The van der Waals surface area contributed by atoms with Crippen molar-refractivity contribution in [3.63, 3.8) is 0 Å². The normalized spacial score (nSPS) is 13.1. The van der Waals surface area contributed by atoms with E-state index >= 15 is 0 Å². The number of anilines is 2. The molecule has 0 aromatic heterocycles. The lowest BCUT2D eigenvalue weighted by molar-refractivity contribution is -0.121. The van der Waals surface area contributed by atoms with Crippen LogP contribution in [0.15, 0.2) is 36.4 Å². The van der Waals surface area contributed by atoms with Crippen LogP contribution in [-0.2, 0) is 9.59 Å². The summed E-state index contributed by atoms with van der Waals surface area (Å²) in [6.45, 7) is 5.20. The van der Waals surface area contributed by atoms with Crippen molar-refractivity contribution >= 4 is 23.2 Å². The molecule has 29 heavy (non-hydrogen) atoms. The number of carbonyl (C=O) groups excluding carboxylic acids is 2. The van der Waals surface area contributed by atoms with Crippen molar-refractivity contribution in [1.29, 1.82) is 0 Å². The van der Waals surface area contributed by atoms with Crippen molar-refractivity contribution in [3.8, 4) is 11.5 Å². The second kappa shape index (κ2) is 8.96. The van der Waals surface area contributed by atoms with Gasteiger partial charge < -0.3 is 24.6 Å². The van der Waals surface area contributed by atoms with Crippen LogP contribution in [0.3, 0.4) is 0 Å². The SMILES string of the molecule is Cc1cccc(OCC(=O)Nc2ccc3c(c2)OCC(=O)N3CCN(C)C)c1C. The molecule has 2 amide bonds. The Morgan fingerprint density at radius 2 is 2.03 bits per heavy atom. The van der Waals surface area contributed by atoms with Gasteiger partial charge in [-0.2, -0.15) is 0 Å². The van der Waals surface area contributed by atoms with Crippen LogP contribution in [0, 0.1) is 13.8 Å². The van der Waals surface area contributed by atoms with E-state index in [0.29, 0.717) is 29.4 Å². The Balaban J connectivity index is 1.64. The molecule has 0 saturated carbocycles. The van der Waals surface area contributed by atoms with Crippen LogP contribution in [0.5, 0.6) is 11.5 Å². The van der Waals surface area contributed by atoms with E-state index in [9.17, 15) is 9.59 Å². The maximum atomic E-state index is 12.3. The first-order valence-corrected chi connectivity index (χ1v) is 9.56. The minimum absolute atomic E-state index is 0.00637. The average molecular weight is 397 g/mol. The summed E-state index contributed by atoms with van der Waals surface area (Å²) >= 11 is 0. The number of carbonyl (C=O) groups is 2. The quantitative estimate of drug-likeness (QED) is 0.778. The summed E-state index contributed by atoms with van der Waals surface area (Å²) in [6.07, 6.45) is 0. The lowest BCUT2D eigenvalue weighted by atomic mass is 10.1. The van der Waals surface area contributed by atoms with E-state index < -0.39 is 0 Å². The highest BCUT2D eigenvalue weighted by atomic mass is 16.5. The average Bonchev–Trinajstić information content (AvgIpc) is 2.68. The van der Waals surface area contributed by atoms with Crippen LogP contribution in [0.4, 0.5) is 11.4 Å².